The van der Waals surface area contributed by atoms with Gasteiger partial charge in [0.1, 0.15) is 0 Å². The molecule has 1 heterocycles. The summed E-state index contributed by atoms with van der Waals surface area (Å²) in [5, 5.41) is 6.15. The van der Waals surface area contributed by atoms with Crippen LogP contribution in [0.1, 0.15) is 44.1 Å². The lowest BCUT2D eigenvalue weighted by Gasteiger charge is -2.37. The Balaban J connectivity index is 1.35. The largest absolute Gasteiger partial charge is 0.416 e. The van der Waals surface area contributed by atoms with Crippen LogP contribution < -0.4 is 15.5 Å². The number of alkyl halides is 3. The molecule has 8 heteroatoms. The lowest BCUT2D eigenvalue weighted by molar-refractivity contribution is -0.137. The molecule has 0 aromatic heterocycles. The SMILES string of the molecule is CNCCC(=O)NC1CCC(CCN2CCN(c3cccc(C(F)(F)F)c3)CC2)CC1. The first-order chi connectivity index (χ1) is 14.8. The van der Waals surface area contributed by atoms with Gasteiger partial charge in [-0.1, -0.05) is 6.07 Å². The van der Waals surface area contributed by atoms with Crippen molar-refractivity contribution in [3.63, 3.8) is 0 Å². The molecule has 1 aromatic rings. The Bertz CT molecular complexity index is 696. The van der Waals surface area contributed by atoms with Crippen LogP contribution in [0.25, 0.3) is 0 Å². The normalized spacial score (nSPS) is 23.0. The van der Waals surface area contributed by atoms with E-state index < -0.39 is 11.7 Å². The molecule has 5 nitrogen and oxygen atoms in total. The quantitative estimate of drug-likeness (QED) is 0.650. The summed E-state index contributed by atoms with van der Waals surface area (Å²) in [6.45, 7) is 5.03. The summed E-state index contributed by atoms with van der Waals surface area (Å²) in [6.07, 6.45) is 1.81. The molecule has 0 radical (unpaired) electrons. The highest BCUT2D eigenvalue weighted by Gasteiger charge is 2.31. The molecule has 1 aliphatic heterocycles. The van der Waals surface area contributed by atoms with Crippen molar-refractivity contribution >= 4 is 11.6 Å². The molecule has 174 valence electrons. The molecule has 2 fully saturated rings. The van der Waals surface area contributed by atoms with Crippen LogP contribution in [-0.4, -0.2) is 63.2 Å². The summed E-state index contributed by atoms with van der Waals surface area (Å²) in [4.78, 5) is 16.3. The van der Waals surface area contributed by atoms with Crippen LogP contribution in [0.3, 0.4) is 0 Å². The van der Waals surface area contributed by atoms with Gasteiger partial charge in [-0.2, -0.15) is 13.2 Å². The lowest BCUT2D eigenvalue weighted by atomic mass is 9.84. The van der Waals surface area contributed by atoms with E-state index in [0.717, 1.165) is 70.9 Å². The van der Waals surface area contributed by atoms with Gasteiger partial charge in [-0.15, -0.1) is 0 Å². The molecule has 1 saturated heterocycles. The van der Waals surface area contributed by atoms with Gasteiger partial charge in [0.2, 0.25) is 5.91 Å². The number of anilines is 1. The van der Waals surface area contributed by atoms with E-state index in [2.05, 4.69) is 15.5 Å². The van der Waals surface area contributed by atoms with Crippen LogP contribution in [0.5, 0.6) is 0 Å². The van der Waals surface area contributed by atoms with Crippen molar-refractivity contribution in [1.82, 2.24) is 15.5 Å². The molecule has 2 aliphatic rings. The molecule has 1 aliphatic carbocycles. The van der Waals surface area contributed by atoms with Crippen molar-refractivity contribution in [3.8, 4) is 0 Å². The minimum absolute atomic E-state index is 0.136. The zero-order valence-electron chi connectivity index (χ0n) is 18.4. The number of halogens is 3. The van der Waals surface area contributed by atoms with Crippen LogP contribution >= 0.6 is 0 Å². The lowest BCUT2D eigenvalue weighted by Crippen LogP contribution is -2.47. The van der Waals surface area contributed by atoms with E-state index in [9.17, 15) is 18.0 Å². The van der Waals surface area contributed by atoms with Gasteiger partial charge < -0.3 is 15.5 Å². The fraction of sp³-hybridized carbons (Fsp3) is 0.696. The Morgan fingerprint density at radius 1 is 1.10 bits per heavy atom. The molecule has 2 N–H and O–H groups in total. The summed E-state index contributed by atoms with van der Waals surface area (Å²) in [5.74, 6) is 0.836. The first-order valence-electron chi connectivity index (χ1n) is 11.4. The van der Waals surface area contributed by atoms with Gasteiger partial charge in [0, 0.05) is 50.9 Å². The second kappa shape index (κ2) is 11.2. The van der Waals surface area contributed by atoms with Crippen molar-refractivity contribution in [2.24, 2.45) is 5.92 Å². The van der Waals surface area contributed by atoms with E-state index in [4.69, 9.17) is 0 Å². The van der Waals surface area contributed by atoms with Crippen LogP contribution in [0, 0.1) is 5.92 Å². The van der Waals surface area contributed by atoms with Gasteiger partial charge in [0.25, 0.3) is 0 Å². The van der Waals surface area contributed by atoms with Crippen molar-refractivity contribution in [2.75, 3.05) is 51.2 Å². The zero-order valence-corrected chi connectivity index (χ0v) is 18.4. The van der Waals surface area contributed by atoms with E-state index >= 15 is 0 Å². The number of carbonyl (C=O) groups excluding carboxylic acids is 1. The molecule has 0 atom stereocenters. The number of piperazine rings is 1. The maximum absolute atomic E-state index is 13.0. The van der Waals surface area contributed by atoms with Crippen molar-refractivity contribution in [1.29, 1.82) is 0 Å². The van der Waals surface area contributed by atoms with E-state index in [1.165, 1.54) is 12.1 Å². The summed E-state index contributed by atoms with van der Waals surface area (Å²) in [5.41, 5.74) is 0.0748. The fourth-order valence-electron chi connectivity index (χ4n) is 4.61. The topological polar surface area (TPSA) is 47.6 Å². The van der Waals surface area contributed by atoms with Gasteiger partial charge in [-0.25, -0.2) is 0 Å². The van der Waals surface area contributed by atoms with Crippen molar-refractivity contribution in [3.05, 3.63) is 29.8 Å². The fourth-order valence-corrected chi connectivity index (χ4v) is 4.61. The van der Waals surface area contributed by atoms with Gasteiger partial charge in [0.05, 0.1) is 5.56 Å². The number of nitrogens with one attached hydrogen (secondary N) is 2. The average Bonchev–Trinajstić information content (AvgIpc) is 2.77. The highest BCUT2D eigenvalue weighted by Crippen LogP contribution is 2.32. The van der Waals surface area contributed by atoms with Crippen LogP contribution in [-0.2, 0) is 11.0 Å². The smallest absolute Gasteiger partial charge is 0.369 e. The molecule has 31 heavy (non-hydrogen) atoms. The molecule has 1 saturated carbocycles. The Labute approximate surface area is 183 Å². The Morgan fingerprint density at radius 2 is 1.81 bits per heavy atom. The maximum Gasteiger partial charge on any atom is 0.416 e. The number of hydrogen-bond acceptors (Lipinski definition) is 4. The first-order valence-corrected chi connectivity index (χ1v) is 11.4. The Morgan fingerprint density at radius 3 is 2.45 bits per heavy atom. The summed E-state index contributed by atoms with van der Waals surface area (Å²) >= 11 is 0. The number of nitrogens with zero attached hydrogens (tertiary/aromatic N) is 2. The summed E-state index contributed by atoms with van der Waals surface area (Å²) in [7, 11) is 1.85. The monoisotopic (exact) mass is 440 g/mol. The molecular weight excluding hydrogens is 405 g/mol. The van der Waals surface area contributed by atoms with Crippen molar-refractivity contribution < 1.29 is 18.0 Å². The van der Waals surface area contributed by atoms with Crippen LogP contribution in [0.4, 0.5) is 18.9 Å². The average molecular weight is 441 g/mol. The minimum atomic E-state index is -4.30. The van der Waals surface area contributed by atoms with Gasteiger partial charge in [-0.3, -0.25) is 9.69 Å². The number of amides is 1. The van der Waals surface area contributed by atoms with Gasteiger partial charge >= 0.3 is 6.18 Å². The molecule has 0 spiro atoms. The molecule has 1 aromatic carbocycles. The van der Waals surface area contributed by atoms with E-state index in [1.807, 2.05) is 11.9 Å². The number of benzene rings is 1. The number of hydrogen-bond donors (Lipinski definition) is 2. The predicted octanol–water partition coefficient (Wildman–Crippen LogP) is 3.50. The maximum atomic E-state index is 13.0. The molecule has 3 rings (SSSR count). The summed E-state index contributed by atoms with van der Waals surface area (Å²) in [6, 6.07) is 5.95. The zero-order chi connectivity index (χ0) is 22.3. The Hall–Kier alpha value is -1.80. The number of carbonyl (C=O) groups is 1. The van der Waals surface area contributed by atoms with Gasteiger partial charge in [-0.05, 0) is 69.8 Å². The third kappa shape index (κ3) is 7.38. The highest BCUT2D eigenvalue weighted by molar-refractivity contribution is 5.76. The third-order valence-corrected chi connectivity index (χ3v) is 6.58. The molecular formula is C23H35F3N4O. The Kier molecular flexibility index (Phi) is 8.60. The van der Waals surface area contributed by atoms with E-state index in [0.29, 0.717) is 30.6 Å². The molecule has 0 unspecified atom stereocenters. The van der Waals surface area contributed by atoms with Crippen LogP contribution in [0.2, 0.25) is 0 Å². The predicted molar refractivity (Wildman–Crippen MR) is 117 cm³/mol. The van der Waals surface area contributed by atoms with E-state index in [1.54, 1.807) is 6.07 Å². The van der Waals surface area contributed by atoms with Gasteiger partial charge in [0.15, 0.2) is 0 Å². The molecule has 0 bridgehead atoms. The second-order valence-corrected chi connectivity index (χ2v) is 8.80. The molecule has 1 amide bonds. The second-order valence-electron chi connectivity index (χ2n) is 8.80. The highest BCUT2D eigenvalue weighted by atomic mass is 19.4. The third-order valence-electron chi connectivity index (χ3n) is 6.58. The standard InChI is InChI=1S/C23H35F3N4O/c1-27-11-9-22(31)28-20-7-5-18(6-8-20)10-12-29-13-15-30(16-14-29)21-4-2-3-19(17-21)23(24,25)26/h2-4,17-18,20,27H,5-16H2,1H3,(H,28,31). The van der Waals surface area contributed by atoms with Crippen molar-refractivity contribution in [2.45, 2.75) is 50.7 Å². The summed E-state index contributed by atoms with van der Waals surface area (Å²) < 4.78 is 38.9. The first kappa shape index (κ1) is 23.9. The minimum Gasteiger partial charge on any atom is -0.369 e. The number of rotatable bonds is 8. The van der Waals surface area contributed by atoms with Crippen LogP contribution in [0.15, 0.2) is 24.3 Å². The van der Waals surface area contributed by atoms with E-state index in [-0.39, 0.29) is 5.91 Å².